The maximum atomic E-state index is 10.9. The second kappa shape index (κ2) is 4.21. The molecule has 0 aliphatic heterocycles. The fourth-order valence-electron chi connectivity index (χ4n) is 0.624. The molecule has 0 fully saturated rings. The van der Waals surface area contributed by atoms with E-state index in [1.807, 2.05) is 0 Å². The van der Waals surface area contributed by atoms with Gasteiger partial charge in [0.05, 0.1) is 6.10 Å². The second-order valence-corrected chi connectivity index (χ2v) is 4.40. The lowest BCUT2D eigenvalue weighted by atomic mass is 10.4. The van der Waals surface area contributed by atoms with Gasteiger partial charge in [-0.15, -0.1) is 0 Å². The first-order valence-corrected chi connectivity index (χ1v) is 5.15. The van der Waals surface area contributed by atoms with E-state index in [1.54, 1.807) is 27.7 Å². The van der Waals surface area contributed by atoms with Crippen LogP contribution in [-0.4, -0.2) is 12.1 Å². The largest absolute Gasteiger partial charge is 0.766 e. The van der Waals surface area contributed by atoms with Gasteiger partial charge >= 0.3 is 0 Å². The summed E-state index contributed by atoms with van der Waals surface area (Å²) in [6.45, 7) is 6.83. The van der Waals surface area contributed by atoms with Crippen LogP contribution >= 0.6 is 7.75 Å². The van der Waals surface area contributed by atoms with Gasteiger partial charge in [-0.1, -0.05) is 0 Å². The third-order valence-corrected chi connectivity index (χ3v) is 2.30. The molecule has 0 aromatic heterocycles. The van der Waals surface area contributed by atoms with Crippen molar-refractivity contribution in [1.82, 2.24) is 5.09 Å². The van der Waals surface area contributed by atoms with Crippen molar-refractivity contribution in [2.75, 3.05) is 0 Å². The van der Waals surface area contributed by atoms with Crippen molar-refractivity contribution in [3.8, 4) is 0 Å². The zero-order valence-corrected chi connectivity index (χ0v) is 8.22. The molecule has 5 heteroatoms. The highest BCUT2D eigenvalue weighted by atomic mass is 31.2. The summed E-state index contributed by atoms with van der Waals surface area (Å²) in [5.74, 6) is 0. The molecular weight excluding hydrogens is 165 g/mol. The van der Waals surface area contributed by atoms with Crippen molar-refractivity contribution in [1.29, 1.82) is 0 Å². The van der Waals surface area contributed by atoms with Crippen LogP contribution in [0.4, 0.5) is 0 Å². The van der Waals surface area contributed by atoms with Crippen molar-refractivity contribution < 1.29 is 14.0 Å². The fraction of sp³-hybridized carbons (Fsp3) is 1.00. The van der Waals surface area contributed by atoms with E-state index in [1.165, 1.54) is 0 Å². The van der Waals surface area contributed by atoms with Gasteiger partial charge in [0.2, 0.25) is 7.75 Å². The third kappa shape index (κ3) is 6.51. The number of hydrogen-bond acceptors (Lipinski definition) is 3. The van der Waals surface area contributed by atoms with E-state index >= 15 is 0 Å². The fourth-order valence-corrected chi connectivity index (χ4v) is 1.87. The molecule has 0 aromatic rings. The number of nitrogens with one attached hydrogen (secondary N) is 1. The lowest BCUT2D eigenvalue weighted by Gasteiger charge is -2.27. The molecule has 0 radical (unpaired) electrons. The highest BCUT2D eigenvalue weighted by molar-refractivity contribution is 7.49. The van der Waals surface area contributed by atoms with Gasteiger partial charge in [-0.2, -0.15) is 0 Å². The molecule has 0 bridgehead atoms. The minimum Gasteiger partial charge on any atom is -0.766 e. The van der Waals surface area contributed by atoms with Crippen molar-refractivity contribution in [3.63, 3.8) is 0 Å². The average Bonchev–Trinajstić information content (AvgIpc) is 1.53. The minimum absolute atomic E-state index is 0.114. The Balaban J connectivity index is 3.91. The Morgan fingerprint density at radius 2 is 1.82 bits per heavy atom. The van der Waals surface area contributed by atoms with Crippen LogP contribution in [0.2, 0.25) is 0 Å². The van der Waals surface area contributed by atoms with Crippen molar-refractivity contribution >= 4 is 7.75 Å². The van der Waals surface area contributed by atoms with E-state index in [-0.39, 0.29) is 12.1 Å². The molecule has 4 nitrogen and oxygen atoms in total. The van der Waals surface area contributed by atoms with Crippen molar-refractivity contribution in [2.45, 2.75) is 39.8 Å². The maximum absolute atomic E-state index is 10.9. The molecule has 0 aliphatic carbocycles. The van der Waals surface area contributed by atoms with Gasteiger partial charge in [-0.25, -0.2) is 0 Å². The van der Waals surface area contributed by atoms with Gasteiger partial charge < -0.3 is 9.42 Å². The monoisotopic (exact) mass is 180 g/mol. The highest BCUT2D eigenvalue weighted by Gasteiger charge is 2.10. The molecule has 0 aliphatic rings. The highest BCUT2D eigenvalue weighted by Crippen LogP contribution is 2.33. The SMILES string of the molecule is CC(C)NP(=O)([O-])OC(C)C. The van der Waals surface area contributed by atoms with E-state index in [0.717, 1.165) is 0 Å². The summed E-state index contributed by atoms with van der Waals surface area (Å²) in [7, 11) is -3.80. The second-order valence-electron chi connectivity index (χ2n) is 2.94. The van der Waals surface area contributed by atoms with Gasteiger partial charge in [-0.3, -0.25) is 9.65 Å². The number of hydrogen-bond donors (Lipinski definition) is 1. The Morgan fingerprint density at radius 3 is 2.09 bits per heavy atom. The molecule has 1 N–H and O–H groups in total. The van der Waals surface area contributed by atoms with Crippen LogP contribution in [0.3, 0.4) is 0 Å². The molecule has 68 valence electrons. The standard InChI is InChI=1S/C6H16NO3P/c1-5(2)7-11(8,9)10-6(3)4/h5-6H,1-4H3,(H2,7,8,9)/p-1. The first-order valence-electron chi connectivity index (χ1n) is 3.61. The van der Waals surface area contributed by atoms with Crippen LogP contribution in [0, 0.1) is 0 Å². The van der Waals surface area contributed by atoms with E-state index in [4.69, 9.17) is 0 Å². The zero-order chi connectivity index (χ0) is 9.07. The minimum atomic E-state index is -3.80. The Bertz CT molecular complexity index is 144. The van der Waals surface area contributed by atoms with E-state index in [2.05, 4.69) is 9.61 Å². The topological polar surface area (TPSA) is 61.4 Å². The van der Waals surface area contributed by atoms with Gasteiger partial charge in [0.15, 0.2) is 0 Å². The first kappa shape index (κ1) is 11.1. The summed E-state index contributed by atoms with van der Waals surface area (Å²) >= 11 is 0. The Morgan fingerprint density at radius 1 is 1.36 bits per heavy atom. The Kier molecular flexibility index (Phi) is 4.26. The van der Waals surface area contributed by atoms with E-state index in [0.29, 0.717) is 0 Å². The Hall–Kier alpha value is 0.110. The normalized spacial score (nSPS) is 17.4. The predicted molar refractivity (Wildman–Crippen MR) is 42.1 cm³/mol. The molecule has 0 saturated carbocycles. The van der Waals surface area contributed by atoms with Gasteiger partial charge in [0.1, 0.15) is 0 Å². The lowest BCUT2D eigenvalue weighted by molar-refractivity contribution is -0.205. The molecule has 0 aromatic carbocycles. The molecule has 11 heavy (non-hydrogen) atoms. The first-order chi connectivity index (χ1) is 4.83. The molecule has 0 saturated heterocycles. The number of rotatable bonds is 4. The molecule has 1 unspecified atom stereocenters. The van der Waals surface area contributed by atoms with E-state index < -0.39 is 7.75 Å². The molecule has 0 heterocycles. The zero-order valence-electron chi connectivity index (χ0n) is 7.33. The smallest absolute Gasteiger partial charge is 0.204 e. The third-order valence-electron chi connectivity index (χ3n) is 0.766. The maximum Gasteiger partial charge on any atom is 0.204 e. The predicted octanol–water partition coefficient (Wildman–Crippen LogP) is 0.878. The Labute approximate surface area is 67.5 Å². The molecule has 1 atom stereocenters. The summed E-state index contributed by atoms with van der Waals surface area (Å²) in [6, 6.07) is -0.114. The summed E-state index contributed by atoms with van der Waals surface area (Å²) in [4.78, 5) is 10.9. The van der Waals surface area contributed by atoms with Crippen LogP contribution in [0.25, 0.3) is 0 Å². The average molecular weight is 180 g/mol. The van der Waals surface area contributed by atoms with Crippen LogP contribution in [0.5, 0.6) is 0 Å². The molecule has 0 amide bonds. The van der Waals surface area contributed by atoms with Crippen LogP contribution in [0.1, 0.15) is 27.7 Å². The molecule has 0 spiro atoms. The quantitative estimate of drug-likeness (QED) is 0.652. The summed E-state index contributed by atoms with van der Waals surface area (Å²) in [5, 5.41) is 2.33. The van der Waals surface area contributed by atoms with Gasteiger partial charge in [0.25, 0.3) is 0 Å². The van der Waals surface area contributed by atoms with Crippen LogP contribution in [0.15, 0.2) is 0 Å². The van der Waals surface area contributed by atoms with Crippen molar-refractivity contribution in [2.24, 2.45) is 0 Å². The lowest BCUT2D eigenvalue weighted by Crippen LogP contribution is -2.28. The van der Waals surface area contributed by atoms with Crippen molar-refractivity contribution in [3.05, 3.63) is 0 Å². The van der Waals surface area contributed by atoms with Crippen LogP contribution in [-0.2, 0) is 9.09 Å². The van der Waals surface area contributed by atoms with Gasteiger partial charge in [0, 0.05) is 6.04 Å². The van der Waals surface area contributed by atoms with Crippen LogP contribution < -0.4 is 9.98 Å². The molecular formula is C6H15NO3P-. The summed E-state index contributed by atoms with van der Waals surface area (Å²) in [6.07, 6.45) is -0.301. The molecule has 0 rings (SSSR count). The summed E-state index contributed by atoms with van der Waals surface area (Å²) < 4.78 is 15.6. The van der Waals surface area contributed by atoms with Gasteiger partial charge in [-0.05, 0) is 27.7 Å². The van der Waals surface area contributed by atoms with E-state index in [9.17, 15) is 9.46 Å². The summed E-state index contributed by atoms with van der Waals surface area (Å²) in [5.41, 5.74) is 0.